The van der Waals surface area contributed by atoms with Gasteiger partial charge >= 0.3 is 5.97 Å². The number of rotatable bonds is 6. The third-order valence-electron chi connectivity index (χ3n) is 4.69. The molecule has 0 radical (unpaired) electrons. The molecule has 1 aliphatic rings. The molecule has 6 nitrogen and oxygen atoms in total. The van der Waals surface area contributed by atoms with Crippen molar-refractivity contribution < 1.29 is 19.1 Å². The summed E-state index contributed by atoms with van der Waals surface area (Å²) in [6, 6.07) is 7.11. The third kappa shape index (κ3) is 4.95. The number of carbonyl (C=O) groups excluding carboxylic acids is 3. The van der Waals surface area contributed by atoms with E-state index in [4.69, 9.17) is 4.74 Å². The highest BCUT2D eigenvalue weighted by atomic mass is 32.1. The monoisotopic (exact) mass is 406 g/mol. The van der Waals surface area contributed by atoms with E-state index in [9.17, 15) is 14.4 Å². The van der Waals surface area contributed by atoms with Crippen molar-refractivity contribution in [3.8, 4) is 0 Å². The molecule has 8 heteroatoms. The molecular weight excluding hydrogens is 384 g/mol. The van der Waals surface area contributed by atoms with Crippen LogP contribution in [0, 0.1) is 5.92 Å². The topological polar surface area (TPSA) is 75.7 Å². The summed E-state index contributed by atoms with van der Waals surface area (Å²) in [5.41, 5.74) is 0. The van der Waals surface area contributed by atoms with Crippen molar-refractivity contribution in [2.24, 2.45) is 5.92 Å². The summed E-state index contributed by atoms with van der Waals surface area (Å²) in [5.74, 6) is -0.547. The number of hydrogen-bond donors (Lipinski definition) is 1. The molecule has 1 atom stereocenters. The van der Waals surface area contributed by atoms with Crippen molar-refractivity contribution >= 4 is 40.5 Å². The lowest BCUT2D eigenvalue weighted by molar-refractivity contribution is -0.141. The lowest BCUT2D eigenvalue weighted by atomic mass is 9.95. The minimum absolute atomic E-state index is 0.0333. The van der Waals surface area contributed by atoms with Crippen molar-refractivity contribution in [1.29, 1.82) is 0 Å². The Hall–Kier alpha value is -2.19. The third-order valence-corrected chi connectivity index (χ3v) is 6.53. The molecule has 2 aromatic rings. The first-order chi connectivity index (χ1) is 13.1. The highest BCUT2D eigenvalue weighted by molar-refractivity contribution is 7.12. The van der Waals surface area contributed by atoms with Gasteiger partial charge in [-0.25, -0.2) is 0 Å². The van der Waals surface area contributed by atoms with E-state index in [2.05, 4.69) is 5.32 Å². The van der Waals surface area contributed by atoms with Crippen LogP contribution < -0.4 is 5.32 Å². The molecular formula is C19H22N2O4S2. The Bertz CT molecular complexity index is 766. The first kappa shape index (κ1) is 19.6. The number of likely N-dealkylation sites (tertiary alicyclic amines) is 1. The Balaban J connectivity index is 1.56. The molecule has 3 heterocycles. The number of piperidine rings is 1. The maximum atomic E-state index is 12.7. The maximum Gasteiger partial charge on any atom is 0.307 e. The number of amides is 2. The SMILES string of the molecule is COC(=O)C[C@H](NC(=O)C1CCN(C(=O)c2cccs2)CC1)c1cccs1. The van der Waals surface area contributed by atoms with Gasteiger partial charge < -0.3 is 15.0 Å². The molecule has 144 valence electrons. The molecule has 2 amide bonds. The van der Waals surface area contributed by atoms with E-state index in [1.807, 2.05) is 35.0 Å². The second-order valence-corrected chi connectivity index (χ2v) is 8.33. The van der Waals surface area contributed by atoms with Gasteiger partial charge in [0.1, 0.15) is 0 Å². The van der Waals surface area contributed by atoms with Gasteiger partial charge in [0, 0.05) is 23.9 Å². The van der Waals surface area contributed by atoms with Crippen LogP contribution in [-0.4, -0.2) is 42.9 Å². The first-order valence-electron chi connectivity index (χ1n) is 8.82. The van der Waals surface area contributed by atoms with Crippen LogP contribution in [0.5, 0.6) is 0 Å². The van der Waals surface area contributed by atoms with E-state index < -0.39 is 0 Å². The van der Waals surface area contributed by atoms with Crippen molar-refractivity contribution in [1.82, 2.24) is 10.2 Å². The molecule has 1 aliphatic heterocycles. The van der Waals surface area contributed by atoms with Gasteiger partial charge in [-0.05, 0) is 35.7 Å². The molecule has 1 fully saturated rings. The van der Waals surface area contributed by atoms with Crippen LogP contribution in [0.25, 0.3) is 0 Å². The number of ether oxygens (including phenoxy) is 1. The number of esters is 1. The standard InChI is InChI=1S/C19H22N2O4S2/c1-25-17(22)12-14(15-4-2-10-26-15)20-18(23)13-6-8-21(9-7-13)19(24)16-5-3-11-27-16/h2-5,10-11,13-14H,6-9,12H2,1H3,(H,20,23)/t14-/m0/s1. The van der Waals surface area contributed by atoms with Gasteiger partial charge in [0.25, 0.3) is 5.91 Å². The van der Waals surface area contributed by atoms with Crippen molar-refractivity contribution in [3.63, 3.8) is 0 Å². The molecule has 0 aliphatic carbocycles. The Morgan fingerprint density at radius 1 is 1.19 bits per heavy atom. The minimum Gasteiger partial charge on any atom is -0.469 e. The normalized spacial score (nSPS) is 16.0. The lowest BCUT2D eigenvalue weighted by Gasteiger charge is -2.31. The molecule has 1 N–H and O–H groups in total. The number of hydrogen-bond acceptors (Lipinski definition) is 6. The molecule has 1 saturated heterocycles. The summed E-state index contributed by atoms with van der Waals surface area (Å²) in [6.45, 7) is 1.13. The van der Waals surface area contributed by atoms with Gasteiger partial charge in [0.2, 0.25) is 5.91 Å². The Morgan fingerprint density at radius 2 is 1.89 bits per heavy atom. The number of nitrogens with zero attached hydrogens (tertiary/aromatic N) is 1. The maximum absolute atomic E-state index is 12.7. The molecule has 0 aromatic carbocycles. The average Bonchev–Trinajstić information content (AvgIpc) is 3.40. The largest absolute Gasteiger partial charge is 0.469 e. The Labute approximate surface area is 166 Å². The minimum atomic E-state index is -0.379. The Morgan fingerprint density at radius 3 is 2.48 bits per heavy atom. The fourth-order valence-corrected chi connectivity index (χ4v) is 4.62. The lowest BCUT2D eigenvalue weighted by Crippen LogP contribution is -2.43. The van der Waals surface area contributed by atoms with Crippen LogP contribution in [0.1, 0.15) is 39.9 Å². The zero-order valence-electron chi connectivity index (χ0n) is 15.1. The quantitative estimate of drug-likeness (QED) is 0.748. The summed E-state index contributed by atoms with van der Waals surface area (Å²) in [7, 11) is 1.34. The summed E-state index contributed by atoms with van der Waals surface area (Å²) in [6.07, 6.45) is 1.36. The predicted octanol–water partition coefficient (Wildman–Crippen LogP) is 3.08. The molecule has 0 saturated carbocycles. The van der Waals surface area contributed by atoms with Crippen LogP contribution in [0.2, 0.25) is 0 Å². The first-order valence-corrected chi connectivity index (χ1v) is 10.6. The molecule has 0 bridgehead atoms. The molecule has 3 rings (SSSR count). The van der Waals surface area contributed by atoms with E-state index in [0.29, 0.717) is 25.9 Å². The van der Waals surface area contributed by atoms with Gasteiger partial charge in [0.05, 0.1) is 24.4 Å². The van der Waals surface area contributed by atoms with Gasteiger partial charge in [0.15, 0.2) is 0 Å². The number of carbonyl (C=O) groups is 3. The van der Waals surface area contributed by atoms with E-state index in [-0.39, 0.29) is 36.2 Å². The highest BCUT2D eigenvalue weighted by Gasteiger charge is 2.30. The number of thiophene rings is 2. The smallest absolute Gasteiger partial charge is 0.307 e. The number of nitrogens with one attached hydrogen (secondary N) is 1. The van der Waals surface area contributed by atoms with Crippen LogP contribution in [0.4, 0.5) is 0 Å². The van der Waals surface area contributed by atoms with Crippen molar-refractivity contribution in [3.05, 3.63) is 44.8 Å². The van der Waals surface area contributed by atoms with Gasteiger partial charge in [-0.2, -0.15) is 0 Å². The van der Waals surface area contributed by atoms with Crippen LogP contribution in [-0.2, 0) is 14.3 Å². The van der Waals surface area contributed by atoms with Crippen molar-refractivity contribution in [2.45, 2.75) is 25.3 Å². The van der Waals surface area contributed by atoms with Crippen molar-refractivity contribution in [2.75, 3.05) is 20.2 Å². The van der Waals surface area contributed by atoms with E-state index in [1.54, 1.807) is 4.90 Å². The zero-order chi connectivity index (χ0) is 19.2. The predicted molar refractivity (Wildman–Crippen MR) is 105 cm³/mol. The second-order valence-electron chi connectivity index (χ2n) is 6.40. The van der Waals surface area contributed by atoms with Gasteiger partial charge in [-0.3, -0.25) is 14.4 Å². The Kier molecular flexibility index (Phi) is 6.63. The molecule has 0 spiro atoms. The van der Waals surface area contributed by atoms with Crippen LogP contribution >= 0.6 is 22.7 Å². The van der Waals surface area contributed by atoms with Crippen LogP contribution in [0.15, 0.2) is 35.0 Å². The summed E-state index contributed by atoms with van der Waals surface area (Å²) >= 11 is 2.93. The fourth-order valence-electron chi connectivity index (χ4n) is 3.15. The average molecular weight is 407 g/mol. The van der Waals surface area contributed by atoms with Gasteiger partial charge in [-0.15, -0.1) is 22.7 Å². The summed E-state index contributed by atoms with van der Waals surface area (Å²) in [5, 5.41) is 6.80. The molecule has 2 aromatic heterocycles. The zero-order valence-corrected chi connectivity index (χ0v) is 16.7. The summed E-state index contributed by atoms with van der Waals surface area (Å²) in [4.78, 5) is 40.3. The van der Waals surface area contributed by atoms with E-state index >= 15 is 0 Å². The molecule has 27 heavy (non-hydrogen) atoms. The summed E-state index contributed by atoms with van der Waals surface area (Å²) < 4.78 is 4.75. The van der Waals surface area contributed by atoms with Crippen LogP contribution in [0.3, 0.4) is 0 Å². The number of methoxy groups -OCH3 is 1. The highest BCUT2D eigenvalue weighted by Crippen LogP contribution is 2.25. The van der Waals surface area contributed by atoms with E-state index in [0.717, 1.165) is 9.75 Å². The van der Waals surface area contributed by atoms with E-state index in [1.165, 1.54) is 29.8 Å². The molecule has 0 unspecified atom stereocenters. The second kappa shape index (κ2) is 9.14. The fraction of sp³-hybridized carbons (Fsp3) is 0.421. The van der Waals surface area contributed by atoms with Gasteiger partial charge in [-0.1, -0.05) is 12.1 Å².